The van der Waals surface area contributed by atoms with Gasteiger partial charge >= 0.3 is 0 Å². The van der Waals surface area contributed by atoms with Crippen molar-refractivity contribution in [3.05, 3.63) is 43.0 Å². The second kappa shape index (κ2) is 9.41. The van der Waals surface area contributed by atoms with Crippen LogP contribution in [0.5, 0.6) is 0 Å². The summed E-state index contributed by atoms with van der Waals surface area (Å²) in [6.07, 6.45) is 9.31. The van der Waals surface area contributed by atoms with Crippen molar-refractivity contribution in [1.82, 2.24) is 0 Å². The maximum atomic E-state index is 5.61. The highest BCUT2D eigenvalue weighted by Gasteiger charge is 2.30. The molecule has 1 aliphatic heterocycles. The highest BCUT2D eigenvalue weighted by atomic mass is 28.3. The van der Waals surface area contributed by atoms with Gasteiger partial charge in [0.2, 0.25) is 0 Å². The number of rotatable bonds is 9. The third kappa shape index (κ3) is 5.59. The van der Waals surface area contributed by atoms with Crippen LogP contribution in [0, 0.1) is 0 Å². The number of unbranched alkanes of at least 4 members (excludes halogenated alkanes) is 2. The van der Waals surface area contributed by atoms with Gasteiger partial charge in [-0.15, -0.1) is 6.58 Å². The van der Waals surface area contributed by atoms with E-state index in [2.05, 4.69) is 56.1 Å². The lowest BCUT2D eigenvalue weighted by atomic mass is 10.1. The first-order valence-electron chi connectivity index (χ1n) is 9.06. The Bertz CT molecular complexity index is 452. The van der Waals surface area contributed by atoms with Crippen molar-refractivity contribution in [3.63, 3.8) is 0 Å². The monoisotopic (exact) mass is 332 g/mol. The van der Waals surface area contributed by atoms with Crippen LogP contribution < -0.4 is 5.19 Å². The number of hydrogen-bond donors (Lipinski definition) is 0. The molecule has 3 heteroatoms. The number of allylic oxidation sites excluding steroid dienone is 1. The highest BCUT2D eigenvalue weighted by Crippen LogP contribution is 2.29. The van der Waals surface area contributed by atoms with Gasteiger partial charge in [-0.25, -0.2) is 0 Å². The van der Waals surface area contributed by atoms with E-state index in [4.69, 9.17) is 9.47 Å². The maximum Gasteiger partial charge on any atom is 0.157 e. The molecule has 128 valence electrons. The predicted octanol–water partition coefficient (Wildman–Crippen LogP) is 4.87. The molecular weight excluding hydrogens is 300 g/mol. The lowest BCUT2D eigenvalue weighted by molar-refractivity contribution is -0.181. The van der Waals surface area contributed by atoms with Crippen LogP contribution >= 0.6 is 0 Å². The van der Waals surface area contributed by atoms with Gasteiger partial charge in [0.15, 0.2) is 6.29 Å². The summed E-state index contributed by atoms with van der Waals surface area (Å²) < 4.78 is 11.2. The van der Waals surface area contributed by atoms with Crippen molar-refractivity contribution in [3.8, 4) is 0 Å². The number of ether oxygens (including phenoxy) is 2. The van der Waals surface area contributed by atoms with E-state index in [-0.39, 0.29) is 6.29 Å². The van der Waals surface area contributed by atoms with Gasteiger partial charge in [-0.3, -0.25) is 0 Å². The average molecular weight is 333 g/mol. The molecule has 1 aliphatic rings. The van der Waals surface area contributed by atoms with Crippen LogP contribution in [0.4, 0.5) is 0 Å². The van der Waals surface area contributed by atoms with Crippen LogP contribution in [0.15, 0.2) is 43.0 Å². The Morgan fingerprint density at radius 1 is 1.13 bits per heavy atom. The largest absolute Gasteiger partial charge is 0.353 e. The molecule has 0 amide bonds. The summed E-state index contributed by atoms with van der Waals surface area (Å²) in [6, 6.07) is 11.0. The summed E-state index contributed by atoms with van der Waals surface area (Å²) in [4.78, 5) is 0. The minimum atomic E-state index is -1.47. The fraction of sp³-hybridized carbons (Fsp3) is 0.600. The van der Waals surface area contributed by atoms with E-state index in [0.29, 0.717) is 5.54 Å². The van der Waals surface area contributed by atoms with Crippen molar-refractivity contribution in [2.24, 2.45) is 0 Å². The van der Waals surface area contributed by atoms with Crippen LogP contribution in [0.1, 0.15) is 38.5 Å². The van der Waals surface area contributed by atoms with Crippen LogP contribution in [0.25, 0.3) is 0 Å². The third-order valence-electron chi connectivity index (χ3n) is 5.08. The standard InChI is InChI=1S/C20H32O2Si/c1-4-18(23(2,3)19-13-8-5-9-14-19)12-7-6-10-15-20-21-16-11-17-22-20/h4-5,8-9,13-14,18,20H,1,6-7,10-12,15-17H2,2-3H3. The van der Waals surface area contributed by atoms with Crippen molar-refractivity contribution < 1.29 is 9.47 Å². The summed E-state index contributed by atoms with van der Waals surface area (Å²) in [7, 11) is -1.47. The molecule has 0 bridgehead atoms. The van der Waals surface area contributed by atoms with E-state index in [1.165, 1.54) is 30.9 Å². The summed E-state index contributed by atoms with van der Waals surface area (Å²) >= 11 is 0. The minimum absolute atomic E-state index is 0.0501. The van der Waals surface area contributed by atoms with Crippen LogP contribution in [-0.4, -0.2) is 27.6 Å². The Hall–Kier alpha value is -0.903. The number of benzene rings is 1. The molecule has 0 radical (unpaired) electrons. The Morgan fingerprint density at radius 2 is 1.83 bits per heavy atom. The molecule has 0 aliphatic carbocycles. The van der Waals surface area contributed by atoms with E-state index >= 15 is 0 Å². The second-order valence-corrected chi connectivity index (χ2v) is 11.9. The van der Waals surface area contributed by atoms with Gasteiger partial charge in [0.25, 0.3) is 0 Å². The van der Waals surface area contributed by atoms with E-state index < -0.39 is 8.07 Å². The molecule has 1 aromatic carbocycles. The van der Waals surface area contributed by atoms with Gasteiger partial charge in [-0.05, 0) is 31.2 Å². The van der Waals surface area contributed by atoms with Crippen LogP contribution in [0.2, 0.25) is 18.6 Å². The fourth-order valence-electron chi connectivity index (χ4n) is 3.41. The normalized spacial score (nSPS) is 17.8. The molecular formula is C20H32O2Si. The smallest absolute Gasteiger partial charge is 0.157 e. The van der Waals surface area contributed by atoms with Gasteiger partial charge in [0.1, 0.15) is 0 Å². The lowest BCUT2D eigenvalue weighted by Crippen LogP contribution is -2.45. The molecule has 1 fully saturated rings. The SMILES string of the molecule is C=CC(CCCCCC1OCCCO1)[Si](C)(C)c1ccccc1. The Morgan fingerprint density at radius 3 is 2.48 bits per heavy atom. The second-order valence-electron chi connectivity index (χ2n) is 7.09. The molecule has 1 unspecified atom stereocenters. The average Bonchev–Trinajstić information content (AvgIpc) is 2.59. The molecule has 1 heterocycles. The van der Waals surface area contributed by atoms with Gasteiger partial charge in [0.05, 0.1) is 21.3 Å². The first-order chi connectivity index (χ1) is 11.1. The van der Waals surface area contributed by atoms with E-state index in [1.54, 1.807) is 0 Å². The summed E-state index contributed by atoms with van der Waals surface area (Å²) in [6.45, 7) is 10.8. The lowest BCUT2D eigenvalue weighted by Gasteiger charge is -2.31. The third-order valence-corrected chi connectivity index (χ3v) is 9.28. The van der Waals surface area contributed by atoms with Gasteiger partial charge in [0, 0.05) is 0 Å². The molecule has 0 saturated carbocycles. The molecule has 1 aromatic rings. The van der Waals surface area contributed by atoms with E-state index in [9.17, 15) is 0 Å². The molecule has 1 atom stereocenters. The number of hydrogen-bond acceptors (Lipinski definition) is 2. The van der Waals surface area contributed by atoms with Gasteiger partial charge < -0.3 is 9.47 Å². The maximum absolute atomic E-state index is 5.61. The fourth-order valence-corrected chi connectivity index (χ4v) is 6.41. The van der Waals surface area contributed by atoms with E-state index in [0.717, 1.165) is 26.1 Å². The van der Waals surface area contributed by atoms with E-state index in [1.807, 2.05) is 0 Å². The summed E-state index contributed by atoms with van der Waals surface area (Å²) in [5.41, 5.74) is 0.645. The molecule has 23 heavy (non-hydrogen) atoms. The Balaban J connectivity index is 1.73. The summed E-state index contributed by atoms with van der Waals surface area (Å²) in [5.74, 6) is 0. The Kier molecular flexibility index (Phi) is 7.54. The first kappa shape index (κ1) is 18.4. The zero-order chi connectivity index (χ0) is 16.5. The first-order valence-corrected chi connectivity index (χ1v) is 12.1. The zero-order valence-electron chi connectivity index (χ0n) is 14.8. The van der Waals surface area contributed by atoms with Crippen LogP contribution in [-0.2, 0) is 9.47 Å². The Labute approximate surface area is 142 Å². The van der Waals surface area contributed by atoms with Crippen LogP contribution in [0.3, 0.4) is 0 Å². The van der Waals surface area contributed by atoms with Gasteiger partial charge in [-0.1, -0.05) is 67.5 Å². The molecule has 2 nitrogen and oxygen atoms in total. The molecule has 0 aromatic heterocycles. The van der Waals surface area contributed by atoms with Gasteiger partial charge in [-0.2, -0.15) is 0 Å². The molecule has 1 saturated heterocycles. The van der Waals surface area contributed by atoms with Crippen molar-refractivity contribution in [2.45, 2.75) is 63.5 Å². The molecule has 0 spiro atoms. The van der Waals surface area contributed by atoms with Crippen molar-refractivity contribution in [2.75, 3.05) is 13.2 Å². The van der Waals surface area contributed by atoms with Crippen molar-refractivity contribution in [1.29, 1.82) is 0 Å². The minimum Gasteiger partial charge on any atom is -0.353 e. The predicted molar refractivity (Wildman–Crippen MR) is 101 cm³/mol. The zero-order valence-corrected chi connectivity index (χ0v) is 15.8. The van der Waals surface area contributed by atoms with Crippen molar-refractivity contribution >= 4 is 13.3 Å². The molecule has 0 N–H and O–H groups in total. The highest BCUT2D eigenvalue weighted by molar-refractivity contribution is 6.91. The quantitative estimate of drug-likeness (QED) is 0.365. The topological polar surface area (TPSA) is 18.5 Å². The molecule has 2 rings (SSSR count). The summed E-state index contributed by atoms with van der Waals surface area (Å²) in [5, 5.41) is 1.54.